The minimum Gasteiger partial charge on any atom is -0.534 e. The summed E-state index contributed by atoms with van der Waals surface area (Å²) >= 11 is 0. The van der Waals surface area contributed by atoms with E-state index < -0.39 is 38.0 Å². The van der Waals surface area contributed by atoms with Crippen LogP contribution < -0.4 is 20.1 Å². The molecule has 0 saturated heterocycles. The molecule has 0 heterocycles. The summed E-state index contributed by atoms with van der Waals surface area (Å²) in [4.78, 5) is 53.0. The Balaban J connectivity index is 1.52. The molecule has 374 valence electrons. The van der Waals surface area contributed by atoms with Crippen LogP contribution in [0.2, 0.25) is 5.04 Å². The number of amides is 2. The third-order valence-corrected chi connectivity index (χ3v) is 15.8. The third-order valence-electron chi connectivity index (χ3n) is 10.8. The normalized spacial score (nSPS) is 11.9. The summed E-state index contributed by atoms with van der Waals surface area (Å²) in [5.74, 6) is -0.723. The van der Waals surface area contributed by atoms with Gasteiger partial charge in [-0.15, -0.1) is 0 Å². The second-order valence-electron chi connectivity index (χ2n) is 18.3. The second-order valence-corrected chi connectivity index (χ2v) is 22.5. The summed E-state index contributed by atoms with van der Waals surface area (Å²) in [6, 6.07) is 35.6. The van der Waals surface area contributed by atoms with E-state index in [2.05, 4.69) is 50.4 Å². The van der Waals surface area contributed by atoms with Crippen molar-refractivity contribution < 1.29 is 56.8 Å². The van der Waals surface area contributed by atoms with Crippen LogP contribution in [0, 0.1) is 0 Å². The molecule has 15 heteroatoms. The molecule has 4 aromatic rings. The van der Waals surface area contributed by atoms with Gasteiger partial charge >= 0.3 is 32.4 Å². The van der Waals surface area contributed by atoms with Gasteiger partial charge in [0.2, 0.25) is 0 Å². The largest absolute Gasteiger partial charge is 0.534 e. The Labute approximate surface area is 409 Å². The second kappa shape index (κ2) is 28.5. The highest BCUT2D eigenvalue weighted by Gasteiger charge is 2.52. The van der Waals surface area contributed by atoms with E-state index in [1.165, 1.54) is 14.2 Å². The number of benzene rings is 4. The van der Waals surface area contributed by atoms with Gasteiger partial charge in [0.05, 0.1) is 47.1 Å². The molecule has 0 atom stereocenters. The summed E-state index contributed by atoms with van der Waals surface area (Å²) in [6.45, 7) is 15.4. The molecule has 4 rings (SSSR count). The number of hydrogen-bond acceptors (Lipinski definition) is 12. The van der Waals surface area contributed by atoms with Gasteiger partial charge in [0, 0.05) is 38.4 Å². The highest BCUT2D eigenvalue weighted by Crippen LogP contribution is 2.38. The fourth-order valence-electron chi connectivity index (χ4n) is 7.46. The Hall–Kier alpha value is -6.00. The number of hydrogen-bond donors (Lipinski definition) is 1. The van der Waals surface area contributed by atoms with Gasteiger partial charge in [-0.1, -0.05) is 118 Å². The molecular formula is C54H72N2O12Si. The average Bonchev–Trinajstić information content (AvgIpc) is 3.33. The van der Waals surface area contributed by atoms with Crippen LogP contribution in [0.25, 0.3) is 6.08 Å². The summed E-state index contributed by atoms with van der Waals surface area (Å²) in [7, 11) is -0.583. The first-order valence-corrected chi connectivity index (χ1v) is 25.4. The molecule has 2 amide bonds. The van der Waals surface area contributed by atoms with Crippen LogP contribution >= 0.6 is 0 Å². The lowest BCUT2D eigenvalue weighted by Crippen LogP contribution is -2.68. The SMILES string of the molecule is COC(=O)C/C(=C/c1ccc(O[Si](c2ccccc2)(c2ccccc2)C(C)(C)C)cc1CN(CCCOCCOCCOCCCCNC(=O)OC(C)(C)C)C(=O)OCc1ccccc1)C(=O)OC. The summed E-state index contributed by atoms with van der Waals surface area (Å²) in [5, 5.41) is 4.57. The van der Waals surface area contributed by atoms with Gasteiger partial charge in [0.25, 0.3) is 0 Å². The highest BCUT2D eigenvalue weighted by atomic mass is 28.4. The predicted molar refractivity (Wildman–Crippen MR) is 269 cm³/mol. The lowest BCUT2D eigenvalue weighted by atomic mass is 10.0. The van der Waals surface area contributed by atoms with E-state index in [-0.39, 0.29) is 36.7 Å². The van der Waals surface area contributed by atoms with Crippen LogP contribution in [-0.4, -0.2) is 110 Å². The zero-order valence-corrected chi connectivity index (χ0v) is 42.7. The molecule has 0 fully saturated rings. The maximum absolute atomic E-state index is 14.1. The molecule has 0 aromatic heterocycles. The van der Waals surface area contributed by atoms with Crippen LogP contribution in [0.15, 0.2) is 115 Å². The number of rotatable bonds is 27. The van der Waals surface area contributed by atoms with Gasteiger partial charge in [0.15, 0.2) is 0 Å². The predicted octanol–water partition coefficient (Wildman–Crippen LogP) is 8.63. The Kier molecular flexibility index (Phi) is 22.9. The van der Waals surface area contributed by atoms with Crippen LogP contribution in [0.4, 0.5) is 9.59 Å². The quantitative estimate of drug-likeness (QED) is 0.0200. The minimum atomic E-state index is -3.09. The lowest BCUT2D eigenvalue weighted by Gasteiger charge is -2.43. The van der Waals surface area contributed by atoms with Gasteiger partial charge in [0.1, 0.15) is 18.0 Å². The van der Waals surface area contributed by atoms with Gasteiger partial charge in [-0.25, -0.2) is 14.4 Å². The van der Waals surface area contributed by atoms with Crippen LogP contribution in [0.3, 0.4) is 0 Å². The van der Waals surface area contributed by atoms with Crippen LogP contribution in [-0.2, 0) is 55.9 Å². The molecule has 69 heavy (non-hydrogen) atoms. The zero-order chi connectivity index (χ0) is 50.1. The number of esters is 2. The van der Waals surface area contributed by atoms with Crippen molar-refractivity contribution in [1.29, 1.82) is 0 Å². The first kappa shape index (κ1) is 55.6. The molecule has 0 aliphatic carbocycles. The monoisotopic (exact) mass is 968 g/mol. The first-order valence-electron chi connectivity index (χ1n) is 23.5. The Bertz CT molecular complexity index is 2170. The van der Waals surface area contributed by atoms with Crippen molar-refractivity contribution in [1.82, 2.24) is 10.2 Å². The minimum absolute atomic E-state index is 0.0629. The van der Waals surface area contributed by atoms with Crippen LogP contribution in [0.5, 0.6) is 5.75 Å². The number of nitrogens with one attached hydrogen (secondary N) is 1. The standard InChI is InChI=1S/C54H72N2O12Si/c1-53(2,3)67-51(59)55-29-18-19-31-63-33-35-65-36-34-64-32-20-30-56(52(60)66-41-42-21-12-9-13-22-42)40-45-38-46(28-27-43(45)37-44(50(58)62-8)39-49(57)61-7)68-69(54(4,5)6,47-23-14-10-15-24-47)48-25-16-11-17-26-48/h9-17,21-28,37-38H,18-20,29-36,39-41H2,1-8H3,(H,55,59)/b44-37-. The highest BCUT2D eigenvalue weighted by molar-refractivity contribution is 7.00. The molecular weight excluding hydrogens is 897 g/mol. The molecule has 0 aliphatic heterocycles. The van der Waals surface area contributed by atoms with E-state index in [9.17, 15) is 19.2 Å². The molecule has 0 radical (unpaired) electrons. The number of unbranched alkanes of at least 4 members (excludes halogenated alkanes) is 1. The Morgan fingerprint density at radius 3 is 1.78 bits per heavy atom. The van der Waals surface area contributed by atoms with E-state index in [4.69, 9.17) is 37.6 Å². The van der Waals surface area contributed by atoms with Crippen molar-refractivity contribution in [2.45, 2.75) is 91.0 Å². The number of carbonyl (C=O) groups excluding carboxylic acids is 4. The van der Waals surface area contributed by atoms with E-state index in [0.29, 0.717) is 69.5 Å². The molecule has 0 aliphatic rings. The lowest BCUT2D eigenvalue weighted by molar-refractivity contribution is -0.143. The molecule has 0 unspecified atom stereocenters. The van der Waals surface area contributed by atoms with Crippen molar-refractivity contribution in [2.24, 2.45) is 0 Å². The van der Waals surface area contributed by atoms with Crippen molar-refractivity contribution in [2.75, 3.05) is 67.0 Å². The summed E-state index contributed by atoms with van der Waals surface area (Å²) in [5.41, 5.74) is 1.60. The first-order chi connectivity index (χ1) is 33.1. The maximum Gasteiger partial charge on any atom is 0.410 e. The van der Waals surface area contributed by atoms with E-state index in [1.54, 1.807) is 11.0 Å². The molecule has 4 aromatic carbocycles. The summed E-state index contributed by atoms with van der Waals surface area (Å²) < 4.78 is 45.8. The number of ether oxygens (including phenoxy) is 7. The van der Waals surface area contributed by atoms with Crippen LogP contribution in [0.1, 0.15) is 83.9 Å². The van der Waals surface area contributed by atoms with Crippen molar-refractivity contribution in [3.8, 4) is 5.75 Å². The van der Waals surface area contributed by atoms with Crippen molar-refractivity contribution in [3.05, 3.63) is 131 Å². The number of carbonyl (C=O) groups is 4. The third kappa shape index (κ3) is 18.8. The van der Waals surface area contributed by atoms with Gasteiger partial charge in [-0.2, -0.15) is 0 Å². The molecule has 0 bridgehead atoms. The van der Waals surface area contributed by atoms with Crippen molar-refractivity contribution >= 4 is 48.9 Å². The molecule has 1 N–H and O–H groups in total. The fraction of sp³-hybridized carbons (Fsp3) is 0.444. The molecule has 14 nitrogen and oxygen atoms in total. The fourth-order valence-corrected chi connectivity index (χ4v) is 11.9. The molecule has 0 saturated carbocycles. The Morgan fingerprint density at radius 1 is 0.667 bits per heavy atom. The average molecular weight is 969 g/mol. The Morgan fingerprint density at radius 2 is 1.23 bits per heavy atom. The van der Waals surface area contributed by atoms with E-state index >= 15 is 0 Å². The topological polar surface area (TPSA) is 157 Å². The van der Waals surface area contributed by atoms with E-state index in [0.717, 1.165) is 28.8 Å². The van der Waals surface area contributed by atoms with Crippen molar-refractivity contribution in [3.63, 3.8) is 0 Å². The van der Waals surface area contributed by atoms with Gasteiger partial charge in [-0.05, 0) is 90.3 Å². The van der Waals surface area contributed by atoms with Gasteiger partial charge < -0.3 is 47.8 Å². The van der Waals surface area contributed by atoms with Gasteiger partial charge in [-0.3, -0.25) is 4.79 Å². The maximum atomic E-state index is 14.1. The molecule has 0 spiro atoms. The smallest absolute Gasteiger partial charge is 0.410 e. The summed E-state index contributed by atoms with van der Waals surface area (Å²) in [6.07, 6.45) is 2.34. The number of methoxy groups -OCH3 is 2. The van der Waals surface area contributed by atoms with E-state index in [1.807, 2.05) is 106 Å². The zero-order valence-electron chi connectivity index (χ0n) is 41.7. The number of nitrogens with zero attached hydrogens (tertiary/aromatic N) is 1. The number of alkyl carbamates (subject to hydrolysis) is 1.